The van der Waals surface area contributed by atoms with Crippen LogP contribution in [0.1, 0.15) is 34.1 Å². The molecule has 114 valence electrons. The highest BCUT2D eigenvalue weighted by molar-refractivity contribution is 6.08. The van der Waals surface area contributed by atoms with Crippen LogP contribution >= 0.6 is 0 Å². The minimum absolute atomic E-state index is 0.152. The molecule has 4 nitrogen and oxygen atoms in total. The molecular weight excluding hydrogens is 271 g/mol. The number of hydrogen-bond acceptors (Lipinski definition) is 2. The Kier molecular flexibility index (Phi) is 4.03. The molecule has 5 heteroatoms. The second-order valence-corrected chi connectivity index (χ2v) is 6.42. The molecule has 1 heterocycles. The number of carbonyl (C=O) groups is 2. The fraction of sp³-hybridized carbons (Fsp3) is 0.500. The maximum atomic E-state index is 13.1. The van der Waals surface area contributed by atoms with Crippen molar-refractivity contribution < 1.29 is 14.0 Å². The molecule has 1 aliphatic heterocycles. The van der Waals surface area contributed by atoms with Gasteiger partial charge in [0.1, 0.15) is 17.9 Å². The van der Waals surface area contributed by atoms with Crippen LogP contribution in [0.2, 0.25) is 0 Å². The Morgan fingerprint density at radius 3 is 2.24 bits per heavy atom. The van der Waals surface area contributed by atoms with Crippen LogP contribution in [0.25, 0.3) is 0 Å². The van der Waals surface area contributed by atoms with Crippen molar-refractivity contribution in [3.8, 4) is 0 Å². The standard InChI is InChI=1S/C16H21FN2O2/c1-5-12-14(20)18-13(16(2,3)4)15(21)19(12)11-8-6-10(17)7-9-11/h6-9,12-13H,5H2,1-4H3,(H,18,20). The van der Waals surface area contributed by atoms with Crippen LogP contribution in [0.4, 0.5) is 10.1 Å². The van der Waals surface area contributed by atoms with Crippen LogP contribution < -0.4 is 10.2 Å². The maximum Gasteiger partial charge on any atom is 0.250 e. The average molecular weight is 292 g/mol. The zero-order valence-corrected chi connectivity index (χ0v) is 12.8. The minimum Gasteiger partial charge on any atom is -0.342 e. The SMILES string of the molecule is CCC1C(=O)NC(C(C)(C)C)C(=O)N1c1ccc(F)cc1. The summed E-state index contributed by atoms with van der Waals surface area (Å²) in [6, 6.07) is 4.53. The number of nitrogens with one attached hydrogen (secondary N) is 1. The van der Waals surface area contributed by atoms with E-state index < -0.39 is 12.1 Å². The number of carbonyl (C=O) groups excluding carboxylic acids is 2. The third-order valence-electron chi connectivity index (χ3n) is 3.74. The molecule has 0 aliphatic carbocycles. The summed E-state index contributed by atoms with van der Waals surface area (Å²) < 4.78 is 13.1. The first-order chi connectivity index (χ1) is 9.75. The van der Waals surface area contributed by atoms with Gasteiger partial charge < -0.3 is 5.32 Å². The van der Waals surface area contributed by atoms with Gasteiger partial charge in [-0.3, -0.25) is 14.5 Å². The first kappa shape index (κ1) is 15.5. The molecule has 0 saturated carbocycles. The Morgan fingerprint density at radius 2 is 1.76 bits per heavy atom. The van der Waals surface area contributed by atoms with E-state index in [0.29, 0.717) is 12.1 Å². The summed E-state index contributed by atoms with van der Waals surface area (Å²) in [6.45, 7) is 7.58. The monoisotopic (exact) mass is 292 g/mol. The lowest BCUT2D eigenvalue weighted by Crippen LogP contribution is -2.66. The Balaban J connectivity index is 2.44. The zero-order chi connectivity index (χ0) is 15.8. The first-order valence-corrected chi connectivity index (χ1v) is 7.14. The molecule has 2 unspecified atom stereocenters. The molecule has 1 fully saturated rings. The lowest BCUT2D eigenvalue weighted by atomic mass is 9.83. The van der Waals surface area contributed by atoms with Crippen LogP contribution in [0.5, 0.6) is 0 Å². The number of nitrogens with zero attached hydrogens (tertiary/aromatic N) is 1. The van der Waals surface area contributed by atoms with Crippen molar-refractivity contribution in [2.24, 2.45) is 5.41 Å². The molecule has 21 heavy (non-hydrogen) atoms. The van der Waals surface area contributed by atoms with Gasteiger partial charge in [-0.1, -0.05) is 27.7 Å². The molecule has 0 aromatic heterocycles. The third-order valence-corrected chi connectivity index (χ3v) is 3.74. The van der Waals surface area contributed by atoms with Gasteiger partial charge in [0.15, 0.2) is 0 Å². The number of hydrogen-bond donors (Lipinski definition) is 1. The van der Waals surface area contributed by atoms with Crippen LogP contribution in [-0.4, -0.2) is 23.9 Å². The van der Waals surface area contributed by atoms with Crippen molar-refractivity contribution in [3.63, 3.8) is 0 Å². The average Bonchev–Trinajstić information content (AvgIpc) is 2.40. The number of halogens is 1. The maximum absolute atomic E-state index is 13.1. The van der Waals surface area contributed by atoms with Crippen LogP contribution in [-0.2, 0) is 9.59 Å². The van der Waals surface area contributed by atoms with Crippen LogP contribution in [0.15, 0.2) is 24.3 Å². The predicted molar refractivity (Wildman–Crippen MR) is 79.4 cm³/mol. The molecule has 1 aromatic rings. The van der Waals surface area contributed by atoms with Gasteiger partial charge >= 0.3 is 0 Å². The predicted octanol–water partition coefficient (Wildman–Crippen LogP) is 2.48. The molecule has 2 atom stereocenters. The van der Waals surface area contributed by atoms with Crippen molar-refractivity contribution in [2.45, 2.75) is 46.2 Å². The Hall–Kier alpha value is -1.91. The van der Waals surface area contributed by atoms with Gasteiger partial charge in [0.2, 0.25) is 5.91 Å². The summed E-state index contributed by atoms with van der Waals surface area (Å²) in [5.74, 6) is -0.685. The van der Waals surface area contributed by atoms with E-state index in [4.69, 9.17) is 0 Å². The van der Waals surface area contributed by atoms with Gasteiger partial charge in [-0.25, -0.2) is 4.39 Å². The molecule has 2 amide bonds. The summed E-state index contributed by atoms with van der Waals surface area (Å²) in [5.41, 5.74) is 0.168. The van der Waals surface area contributed by atoms with Crippen LogP contribution in [0.3, 0.4) is 0 Å². The van der Waals surface area contributed by atoms with E-state index in [1.165, 1.54) is 29.2 Å². The summed E-state index contributed by atoms with van der Waals surface area (Å²) in [4.78, 5) is 26.6. The molecule has 1 aliphatic rings. The lowest BCUT2D eigenvalue weighted by Gasteiger charge is -2.43. The molecule has 1 aromatic carbocycles. The Bertz CT molecular complexity index is 548. The number of piperazine rings is 1. The molecule has 0 bridgehead atoms. The summed E-state index contributed by atoms with van der Waals surface area (Å²) >= 11 is 0. The van der Waals surface area contributed by atoms with E-state index in [1.807, 2.05) is 27.7 Å². The van der Waals surface area contributed by atoms with Crippen molar-refractivity contribution in [1.29, 1.82) is 0 Å². The second kappa shape index (κ2) is 5.47. The second-order valence-electron chi connectivity index (χ2n) is 6.42. The van der Waals surface area contributed by atoms with Gasteiger partial charge in [-0.05, 0) is 36.1 Å². The molecule has 1 saturated heterocycles. The summed E-state index contributed by atoms with van der Waals surface area (Å²) in [5, 5.41) is 2.81. The van der Waals surface area contributed by atoms with Crippen molar-refractivity contribution >= 4 is 17.5 Å². The Morgan fingerprint density at radius 1 is 1.19 bits per heavy atom. The van der Waals surface area contributed by atoms with Crippen molar-refractivity contribution in [3.05, 3.63) is 30.1 Å². The fourth-order valence-electron chi connectivity index (χ4n) is 2.57. The van der Waals surface area contributed by atoms with E-state index in [0.717, 1.165) is 0 Å². The van der Waals surface area contributed by atoms with Crippen molar-refractivity contribution in [2.75, 3.05) is 4.90 Å². The van der Waals surface area contributed by atoms with E-state index >= 15 is 0 Å². The smallest absolute Gasteiger partial charge is 0.250 e. The van der Waals surface area contributed by atoms with Gasteiger partial charge in [0, 0.05) is 5.69 Å². The van der Waals surface area contributed by atoms with Crippen molar-refractivity contribution in [1.82, 2.24) is 5.32 Å². The Labute approximate surface area is 124 Å². The van der Waals surface area contributed by atoms with E-state index in [2.05, 4.69) is 5.32 Å². The van der Waals surface area contributed by atoms with E-state index in [1.54, 1.807) is 0 Å². The van der Waals surface area contributed by atoms with Gasteiger partial charge in [-0.2, -0.15) is 0 Å². The minimum atomic E-state index is -0.585. The molecular formula is C16H21FN2O2. The zero-order valence-electron chi connectivity index (χ0n) is 12.8. The highest BCUT2D eigenvalue weighted by atomic mass is 19.1. The van der Waals surface area contributed by atoms with Gasteiger partial charge in [0.25, 0.3) is 5.91 Å². The van der Waals surface area contributed by atoms with E-state index in [9.17, 15) is 14.0 Å². The van der Waals surface area contributed by atoms with E-state index in [-0.39, 0.29) is 23.0 Å². The van der Waals surface area contributed by atoms with Gasteiger partial charge in [0.05, 0.1) is 0 Å². The number of benzene rings is 1. The number of anilines is 1. The van der Waals surface area contributed by atoms with Gasteiger partial charge in [-0.15, -0.1) is 0 Å². The molecule has 2 rings (SSSR count). The largest absolute Gasteiger partial charge is 0.342 e. The number of amides is 2. The molecule has 0 spiro atoms. The summed E-state index contributed by atoms with van der Waals surface area (Å²) in [7, 11) is 0. The number of rotatable bonds is 2. The molecule has 0 radical (unpaired) electrons. The third kappa shape index (κ3) is 2.91. The lowest BCUT2D eigenvalue weighted by molar-refractivity contribution is -0.136. The highest BCUT2D eigenvalue weighted by Gasteiger charge is 2.45. The molecule has 1 N–H and O–H groups in total. The topological polar surface area (TPSA) is 49.4 Å². The quantitative estimate of drug-likeness (QED) is 0.910. The first-order valence-electron chi connectivity index (χ1n) is 7.14. The normalized spacial score (nSPS) is 23.2. The van der Waals surface area contributed by atoms with Crippen LogP contribution in [0, 0.1) is 11.2 Å². The fourth-order valence-corrected chi connectivity index (χ4v) is 2.57. The summed E-state index contributed by atoms with van der Waals surface area (Å²) in [6.07, 6.45) is 0.506. The highest BCUT2D eigenvalue weighted by Crippen LogP contribution is 2.29.